The largest absolute Gasteiger partial charge is 0.366 e. The molecule has 0 fully saturated rings. The van der Waals surface area contributed by atoms with Crippen LogP contribution >= 0.6 is 23.1 Å². The summed E-state index contributed by atoms with van der Waals surface area (Å²) in [5, 5.41) is 14.7. The topological polar surface area (TPSA) is 110 Å². The summed E-state index contributed by atoms with van der Waals surface area (Å²) in [7, 11) is 0. The maximum atomic E-state index is 12.2. The van der Waals surface area contributed by atoms with Crippen LogP contribution in [0, 0.1) is 6.92 Å². The highest BCUT2D eigenvalue weighted by Gasteiger charge is 2.12. The Morgan fingerprint density at radius 2 is 1.96 bits per heavy atom. The molecule has 0 aliphatic rings. The summed E-state index contributed by atoms with van der Waals surface area (Å²) in [6.07, 6.45) is 0. The molecule has 0 atom stereocenters. The van der Waals surface area contributed by atoms with Crippen LogP contribution in [0.1, 0.15) is 15.9 Å². The first-order valence-corrected chi connectivity index (χ1v) is 9.80. The number of rotatable bonds is 7. The highest BCUT2D eigenvalue weighted by molar-refractivity contribution is 8.01. The molecule has 0 bridgehead atoms. The summed E-state index contributed by atoms with van der Waals surface area (Å²) in [4.78, 5) is 23.6. The minimum atomic E-state index is -0.588. The second-order valence-electron chi connectivity index (χ2n) is 5.61. The minimum absolute atomic E-state index is 0.145. The first-order chi connectivity index (χ1) is 13.0. The fourth-order valence-electron chi connectivity index (χ4n) is 2.29. The molecule has 27 heavy (non-hydrogen) atoms. The van der Waals surface area contributed by atoms with E-state index in [0.717, 1.165) is 11.3 Å². The summed E-state index contributed by atoms with van der Waals surface area (Å²) < 4.78 is 0.670. The number of para-hydroxylation sites is 1. The van der Waals surface area contributed by atoms with Crippen molar-refractivity contribution in [1.82, 2.24) is 10.2 Å². The van der Waals surface area contributed by atoms with Crippen LogP contribution in [-0.2, 0) is 4.79 Å². The number of primary amides is 1. The molecule has 3 aromatic rings. The van der Waals surface area contributed by atoms with E-state index in [1.165, 1.54) is 23.1 Å². The highest BCUT2D eigenvalue weighted by atomic mass is 32.2. The van der Waals surface area contributed by atoms with Crippen molar-refractivity contribution in [2.45, 2.75) is 11.3 Å². The zero-order valence-corrected chi connectivity index (χ0v) is 16.1. The van der Waals surface area contributed by atoms with Crippen molar-refractivity contribution in [3.05, 3.63) is 59.7 Å². The highest BCUT2D eigenvalue weighted by Crippen LogP contribution is 2.28. The Hall–Kier alpha value is -2.91. The van der Waals surface area contributed by atoms with E-state index in [2.05, 4.69) is 20.8 Å². The summed E-state index contributed by atoms with van der Waals surface area (Å²) in [6.45, 7) is 2.02. The number of hydrogen-bond donors (Lipinski definition) is 3. The molecule has 1 aromatic heterocycles. The van der Waals surface area contributed by atoms with Crippen molar-refractivity contribution < 1.29 is 9.59 Å². The lowest BCUT2D eigenvalue weighted by molar-refractivity contribution is -0.113. The molecule has 9 heteroatoms. The number of amides is 2. The van der Waals surface area contributed by atoms with Crippen molar-refractivity contribution in [3.8, 4) is 0 Å². The third-order valence-corrected chi connectivity index (χ3v) is 5.44. The number of nitrogens with two attached hydrogens (primary N) is 1. The lowest BCUT2D eigenvalue weighted by Crippen LogP contribution is -2.19. The van der Waals surface area contributed by atoms with Gasteiger partial charge in [-0.25, -0.2) is 0 Å². The van der Waals surface area contributed by atoms with Gasteiger partial charge in [-0.3, -0.25) is 9.59 Å². The zero-order valence-electron chi connectivity index (χ0n) is 14.4. The van der Waals surface area contributed by atoms with Crippen molar-refractivity contribution >= 4 is 51.4 Å². The van der Waals surface area contributed by atoms with Gasteiger partial charge in [-0.05, 0) is 36.8 Å². The van der Waals surface area contributed by atoms with Gasteiger partial charge in [-0.15, -0.1) is 10.2 Å². The molecule has 0 spiro atoms. The Balaban J connectivity index is 1.55. The van der Waals surface area contributed by atoms with Gasteiger partial charge in [0, 0.05) is 5.69 Å². The second kappa shape index (κ2) is 8.65. The lowest BCUT2D eigenvalue weighted by atomic mass is 10.1. The molecule has 7 nitrogen and oxygen atoms in total. The standard InChI is InChI=1S/C18H17N5O2S2/c1-11-5-4-6-12(9-11)20-17-22-23-18(27-17)26-10-15(24)21-14-8-3-2-7-13(14)16(19)25/h2-9H,10H2,1H3,(H2,19,25)(H,20,22)(H,21,24). The number of carbonyl (C=O) groups excluding carboxylic acids is 2. The van der Waals surface area contributed by atoms with Gasteiger partial charge in [0.2, 0.25) is 11.0 Å². The van der Waals surface area contributed by atoms with Gasteiger partial charge in [0.15, 0.2) is 4.34 Å². The van der Waals surface area contributed by atoms with Crippen LogP contribution in [-0.4, -0.2) is 27.8 Å². The van der Waals surface area contributed by atoms with E-state index in [0.29, 0.717) is 15.2 Å². The van der Waals surface area contributed by atoms with E-state index in [-0.39, 0.29) is 17.2 Å². The molecule has 0 unspecified atom stereocenters. The fraction of sp³-hybridized carbons (Fsp3) is 0.111. The summed E-state index contributed by atoms with van der Waals surface area (Å²) >= 11 is 2.64. The van der Waals surface area contributed by atoms with Gasteiger partial charge < -0.3 is 16.4 Å². The van der Waals surface area contributed by atoms with Gasteiger partial charge in [0.05, 0.1) is 17.0 Å². The second-order valence-corrected chi connectivity index (χ2v) is 7.81. The Kier molecular flexibility index (Phi) is 6.05. The summed E-state index contributed by atoms with van der Waals surface area (Å²) in [5.41, 5.74) is 8.06. The smallest absolute Gasteiger partial charge is 0.250 e. The Morgan fingerprint density at radius 3 is 2.74 bits per heavy atom. The van der Waals surface area contributed by atoms with Gasteiger partial charge >= 0.3 is 0 Å². The van der Waals surface area contributed by atoms with Crippen molar-refractivity contribution in [2.24, 2.45) is 5.73 Å². The molecular weight excluding hydrogens is 382 g/mol. The van der Waals surface area contributed by atoms with Crippen LogP contribution in [0.25, 0.3) is 0 Å². The molecular formula is C18H17N5O2S2. The molecule has 2 amide bonds. The molecule has 138 valence electrons. The van der Waals surface area contributed by atoms with Crippen molar-refractivity contribution in [2.75, 3.05) is 16.4 Å². The summed E-state index contributed by atoms with van der Waals surface area (Å²) in [5.74, 6) is -0.696. The van der Waals surface area contributed by atoms with Gasteiger partial charge in [-0.1, -0.05) is 47.4 Å². The number of carbonyl (C=O) groups is 2. The van der Waals surface area contributed by atoms with Gasteiger partial charge in [0.25, 0.3) is 5.91 Å². The monoisotopic (exact) mass is 399 g/mol. The van der Waals surface area contributed by atoms with Crippen LogP contribution in [0.4, 0.5) is 16.5 Å². The zero-order chi connectivity index (χ0) is 19.2. The molecule has 1 heterocycles. The number of benzene rings is 2. The Labute approximate surface area is 164 Å². The maximum Gasteiger partial charge on any atom is 0.250 e. The van der Waals surface area contributed by atoms with E-state index in [9.17, 15) is 9.59 Å². The van der Waals surface area contributed by atoms with E-state index in [1.807, 2.05) is 31.2 Å². The molecule has 3 rings (SSSR count). The molecule has 0 saturated heterocycles. The number of thioether (sulfide) groups is 1. The first kappa shape index (κ1) is 18.9. The predicted octanol–water partition coefficient (Wildman–Crippen LogP) is 3.42. The molecule has 0 aliphatic carbocycles. The van der Waals surface area contributed by atoms with E-state index in [1.54, 1.807) is 24.3 Å². The molecule has 0 radical (unpaired) electrons. The molecule has 0 saturated carbocycles. The van der Waals surface area contributed by atoms with Crippen LogP contribution in [0.15, 0.2) is 52.9 Å². The Morgan fingerprint density at radius 1 is 1.15 bits per heavy atom. The van der Waals surface area contributed by atoms with E-state index in [4.69, 9.17) is 5.73 Å². The third-order valence-electron chi connectivity index (χ3n) is 3.47. The quantitative estimate of drug-likeness (QED) is 0.525. The first-order valence-electron chi connectivity index (χ1n) is 8.00. The number of nitrogens with one attached hydrogen (secondary N) is 2. The van der Waals surface area contributed by atoms with Crippen molar-refractivity contribution in [1.29, 1.82) is 0 Å². The number of aryl methyl sites for hydroxylation is 1. The molecule has 0 aliphatic heterocycles. The number of aromatic nitrogens is 2. The lowest BCUT2D eigenvalue weighted by Gasteiger charge is -2.07. The van der Waals surface area contributed by atoms with Gasteiger partial charge in [-0.2, -0.15) is 0 Å². The third kappa shape index (κ3) is 5.28. The predicted molar refractivity (Wildman–Crippen MR) is 109 cm³/mol. The maximum absolute atomic E-state index is 12.2. The minimum Gasteiger partial charge on any atom is -0.366 e. The molecule has 4 N–H and O–H groups in total. The van der Waals surface area contributed by atoms with E-state index >= 15 is 0 Å². The fourth-order valence-corrected chi connectivity index (χ4v) is 3.86. The van der Waals surface area contributed by atoms with Crippen LogP contribution in [0.3, 0.4) is 0 Å². The van der Waals surface area contributed by atoms with Crippen LogP contribution in [0.5, 0.6) is 0 Å². The number of nitrogens with zero attached hydrogens (tertiary/aromatic N) is 2. The molecule has 2 aromatic carbocycles. The van der Waals surface area contributed by atoms with Crippen molar-refractivity contribution in [3.63, 3.8) is 0 Å². The van der Waals surface area contributed by atoms with E-state index < -0.39 is 5.91 Å². The summed E-state index contributed by atoms with van der Waals surface area (Å²) in [6, 6.07) is 14.6. The van der Waals surface area contributed by atoms with Crippen LogP contribution < -0.4 is 16.4 Å². The SMILES string of the molecule is Cc1cccc(Nc2nnc(SCC(=O)Nc3ccccc3C(N)=O)s2)c1. The normalized spacial score (nSPS) is 10.4. The number of anilines is 3. The average Bonchev–Trinajstić information content (AvgIpc) is 3.08. The average molecular weight is 400 g/mol. The number of hydrogen-bond acceptors (Lipinski definition) is 7. The van der Waals surface area contributed by atoms with Gasteiger partial charge in [0.1, 0.15) is 0 Å². The Bertz CT molecular complexity index is 974. The van der Waals surface area contributed by atoms with Crippen LogP contribution in [0.2, 0.25) is 0 Å².